The van der Waals surface area contributed by atoms with E-state index in [0.717, 1.165) is 12.4 Å². The van der Waals surface area contributed by atoms with E-state index in [1.807, 2.05) is 12.3 Å². The van der Waals surface area contributed by atoms with Gasteiger partial charge in [0, 0.05) is 18.8 Å². The second-order valence-electron chi connectivity index (χ2n) is 6.29. The zero-order chi connectivity index (χ0) is 16.0. The van der Waals surface area contributed by atoms with Crippen molar-refractivity contribution in [3.05, 3.63) is 18.5 Å². The minimum Gasteiger partial charge on any atom is -0.389 e. The van der Waals surface area contributed by atoms with Crippen molar-refractivity contribution in [2.45, 2.75) is 31.9 Å². The molecule has 23 heavy (non-hydrogen) atoms. The molecule has 2 N–H and O–H groups in total. The second kappa shape index (κ2) is 5.38. The number of fused-ring (bicyclic) bond motifs is 1. The van der Waals surface area contributed by atoms with Crippen LogP contribution >= 0.6 is 0 Å². The summed E-state index contributed by atoms with van der Waals surface area (Å²) >= 11 is 0. The Morgan fingerprint density at radius 1 is 1.43 bits per heavy atom. The van der Waals surface area contributed by atoms with Crippen LogP contribution in [-0.4, -0.2) is 62.4 Å². The van der Waals surface area contributed by atoms with Gasteiger partial charge in [-0.1, -0.05) is 0 Å². The monoisotopic (exact) mass is 316 g/mol. The van der Waals surface area contributed by atoms with Crippen molar-refractivity contribution < 1.29 is 9.90 Å². The third-order valence-corrected chi connectivity index (χ3v) is 4.59. The van der Waals surface area contributed by atoms with Crippen molar-refractivity contribution in [1.29, 1.82) is 0 Å². The quantitative estimate of drug-likeness (QED) is 0.861. The largest absolute Gasteiger partial charge is 0.389 e. The van der Waals surface area contributed by atoms with Gasteiger partial charge in [-0.15, -0.1) is 0 Å². The number of carbonyl (C=O) groups is 1. The smallest absolute Gasteiger partial charge is 0.322 e. The van der Waals surface area contributed by atoms with Crippen molar-refractivity contribution in [2.75, 3.05) is 29.9 Å². The van der Waals surface area contributed by atoms with Crippen LogP contribution in [0, 0.1) is 0 Å². The molecule has 1 atom stereocenters. The summed E-state index contributed by atoms with van der Waals surface area (Å²) in [5.41, 5.74) is 1.22. The molecular weight excluding hydrogens is 296 g/mol. The molecule has 2 aliphatic rings. The molecule has 0 spiro atoms. The fourth-order valence-electron chi connectivity index (χ4n) is 3.20. The van der Waals surface area contributed by atoms with E-state index in [-0.39, 0.29) is 6.03 Å². The zero-order valence-electron chi connectivity index (χ0n) is 13.0. The molecule has 1 unspecified atom stereocenters. The van der Waals surface area contributed by atoms with Crippen molar-refractivity contribution in [2.24, 2.45) is 0 Å². The molecule has 0 aromatic carbocycles. The third kappa shape index (κ3) is 2.48. The molecule has 122 valence electrons. The highest BCUT2D eigenvalue weighted by atomic mass is 16.3. The van der Waals surface area contributed by atoms with E-state index in [1.54, 1.807) is 15.6 Å². The summed E-state index contributed by atoms with van der Waals surface area (Å²) in [5.74, 6) is 0.915. The number of β-amino-alcohol motifs (C(OH)–C–C–N with tert-alkyl or cyclic N) is 1. The van der Waals surface area contributed by atoms with Crippen molar-refractivity contribution in [3.8, 4) is 0 Å². The van der Waals surface area contributed by atoms with Gasteiger partial charge in [-0.3, -0.25) is 0 Å². The predicted octanol–water partition coefficient (Wildman–Crippen LogP) is 0.926. The number of aliphatic hydroxyl groups is 1. The van der Waals surface area contributed by atoms with E-state index >= 15 is 0 Å². The highest BCUT2D eigenvalue weighted by molar-refractivity contribution is 5.93. The van der Waals surface area contributed by atoms with Gasteiger partial charge in [0.1, 0.15) is 11.5 Å². The number of hydrogen-bond acceptors (Lipinski definition) is 5. The maximum atomic E-state index is 12.1. The van der Waals surface area contributed by atoms with Gasteiger partial charge in [-0.2, -0.15) is 5.10 Å². The number of hydrogen-bond donors (Lipinski definition) is 2. The number of nitrogens with one attached hydrogen (secondary N) is 1. The van der Waals surface area contributed by atoms with E-state index in [9.17, 15) is 9.90 Å². The van der Waals surface area contributed by atoms with Crippen molar-refractivity contribution in [3.63, 3.8) is 0 Å². The first kappa shape index (κ1) is 14.3. The molecule has 8 nitrogen and oxygen atoms in total. The Bertz CT molecular complexity index is 739. The van der Waals surface area contributed by atoms with Crippen LogP contribution in [0.15, 0.2) is 18.5 Å². The lowest BCUT2D eigenvalue weighted by Gasteiger charge is -2.35. The van der Waals surface area contributed by atoms with Crippen molar-refractivity contribution in [1.82, 2.24) is 19.5 Å². The molecule has 2 amide bonds. The molecule has 2 aromatic heterocycles. The van der Waals surface area contributed by atoms with Gasteiger partial charge in [0.15, 0.2) is 5.65 Å². The number of rotatable bonds is 2. The average molecular weight is 316 g/mol. The Hall–Kier alpha value is -2.35. The molecule has 8 heteroatoms. The van der Waals surface area contributed by atoms with E-state index in [2.05, 4.69) is 27.2 Å². The maximum Gasteiger partial charge on any atom is 0.322 e. The third-order valence-electron chi connectivity index (χ3n) is 4.59. The highest BCUT2D eigenvalue weighted by Gasteiger charge is 2.29. The summed E-state index contributed by atoms with van der Waals surface area (Å²) in [7, 11) is 0. The van der Waals surface area contributed by atoms with Crippen LogP contribution in [0.1, 0.15) is 19.8 Å². The molecule has 2 saturated heterocycles. The SMILES string of the molecule is CC1CCCN1c1ccn2ncc(NC(=O)N3CC(O)C3)c2n1. The molecule has 0 aliphatic carbocycles. The van der Waals surface area contributed by atoms with E-state index in [1.165, 1.54) is 12.8 Å². The fourth-order valence-corrected chi connectivity index (χ4v) is 3.20. The molecule has 0 bridgehead atoms. The number of aromatic nitrogens is 3. The van der Waals surface area contributed by atoms with Crippen LogP contribution in [0.3, 0.4) is 0 Å². The van der Waals surface area contributed by atoms with Gasteiger partial charge < -0.3 is 20.2 Å². The Morgan fingerprint density at radius 3 is 2.96 bits per heavy atom. The minimum atomic E-state index is -0.411. The van der Waals surface area contributed by atoms with Crippen LogP contribution in [0.4, 0.5) is 16.3 Å². The lowest BCUT2D eigenvalue weighted by Crippen LogP contribution is -2.54. The lowest BCUT2D eigenvalue weighted by atomic mass is 10.2. The number of urea groups is 1. The molecule has 4 heterocycles. The van der Waals surface area contributed by atoms with Gasteiger partial charge >= 0.3 is 6.03 Å². The number of anilines is 2. The van der Waals surface area contributed by atoms with Crippen LogP contribution in [-0.2, 0) is 0 Å². The number of likely N-dealkylation sites (tertiary alicyclic amines) is 1. The molecule has 2 fully saturated rings. The summed E-state index contributed by atoms with van der Waals surface area (Å²) in [5, 5.41) is 16.3. The maximum absolute atomic E-state index is 12.1. The van der Waals surface area contributed by atoms with E-state index in [0.29, 0.717) is 30.5 Å². The number of nitrogens with zero attached hydrogens (tertiary/aromatic N) is 5. The summed E-state index contributed by atoms with van der Waals surface area (Å²) in [6.45, 7) is 3.95. The summed E-state index contributed by atoms with van der Waals surface area (Å²) < 4.78 is 1.66. The first-order chi connectivity index (χ1) is 11.1. The standard InChI is InChI=1S/C15H20N6O2/c1-10-3-2-5-20(10)13-4-6-21-14(18-13)12(7-16-21)17-15(23)19-8-11(22)9-19/h4,6-7,10-11,22H,2-3,5,8-9H2,1H3,(H,17,23). The van der Waals surface area contributed by atoms with Crippen LogP contribution < -0.4 is 10.2 Å². The molecule has 0 saturated carbocycles. The van der Waals surface area contributed by atoms with Gasteiger partial charge in [-0.25, -0.2) is 14.3 Å². The van der Waals surface area contributed by atoms with Crippen LogP contribution in [0.2, 0.25) is 0 Å². The summed E-state index contributed by atoms with van der Waals surface area (Å²) in [4.78, 5) is 20.6. The number of carbonyl (C=O) groups excluding carboxylic acids is 1. The van der Waals surface area contributed by atoms with Crippen LogP contribution in [0.5, 0.6) is 0 Å². The topological polar surface area (TPSA) is 86.0 Å². The first-order valence-corrected chi connectivity index (χ1v) is 7.97. The Kier molecular flexibility index (Phi) is 3.33. The Balaban J connectivity index is 1.58. The second-order valence-corrected chi connectivity index (χ2v) is 6.29. The molecule has 0 radical (unpaired) electrons. The van der Waals surface area contributed by atoms with Gasteiger partial charge in [0.2, 0.25) is 0 Å². The summed E-state index contributed by atoms with van der Waals surface area (Å²) in [6, 6.07) is 2.21. The lowest BCUT2D eigenvalue weighted by molar-refractivity contribution is 0.0309. The Labute approximate surface area is 133 Å². The van der Waals surface area contributed by atoms with E-state index < -0.39 is 6.10 Å². The molecular formula is C15H20N6O2. The predicted molar refractivity (Wildman–Crippen MR) is 85.6 cm³/mol. The highest BCUT2D eigenvalue weighted by Crippen LogP contribution is 2.25. The molecule has 2 aromatic rings. The van der Waals surface area contributed by atoms with Gasteiger partial charge in [0.25, 0.3) is 0 Å². The Morgan fingerprint density at radius 2 is 2.26 bits per heavy atom. The fraction of sp³-hybridized carbons (Fsp3) is 0.533. The van der Waals surface area contributed by atoms with Gasteiger partial charge in [0.05, 0.1) is 25.4 Å². The summed E-state index contributed by atoms with van der Waals surface area (Å²) in [6.07, 6.45) is 5.41. The number of amides is 2. The molecule has 4 rings (SSSR count). The number of aliphatic hydroxyl groups excluding tert-OH is 1. The van der Waals surface area contributed by atoms with E-state index in [4.69, 9.17) is 0 Å². The minimum absolute atomic E-state index is 0.230. The zero-order valence-corrected chi connectivity index (χ0v) is 13.0. The molecule has 2 aliphatic heterocycles. The van der Waals surface area contributed by atoms with Crippen molar-refractivity contribution >= 4 is 23.2 Å². The average Bonchev–Trinajstić information content (AvgIpc) is 3.10. The van der Waals surface area contributed by atoms with Crippen LogP contribution in [0.25, 0.3) is 5.65 Å². The normalized spacial score (nSPS) is 21.7. The van der Waals surface area contributed by atoms with Gasteiger partial charge in [-0.05, 0) is 25.8 Å². The first-order valence-electron chi connectivity index (χ1n) is 7.97.